The Morgan fingerprint density at radius 1 is 1.40 bits per heavy atom. The van der Waals surface area contributed by atoms with Gasteiger partial charge in [-0.2, -0.15) is 0 Å². The van der Waals surface area contributed by atoms with Crippen LogP contribution in [0.5, 0.6) is 0 Å². The van der Waals surface area contributed by atoms with Gasteiger partial charge < -0.3 is 4.74 Å². The quantitative estimate of drug-likeness (QED) is 0.546. The molecule has 0 bridgehead atoms. The highest BCUT2D eigenvalue weighted by atomic mass is 16.5. The van der Waals surface area contributed by atoms with E-state index in [0.717, 1.165) is 12.8 Å². The van der Waals surface area contributed by atoms with Gasteiger partial charge in [0.15, 0.2) is 0 Å². The fourth-order valence-electron chi connectivity index (χ4n) is 0.790. The third-order valence-electron chi connectivity index (χ3n) is 1.35. The highest BCUT2D eigenvalue weighted by molar-refractivity contribution is 4.54. The molecule has 0 amide bonds. The smallest absolute Gasteiger partial charge is 0.110 e. The van der Waals surface area contributed by atoms with Crippen molar-refractivity contribution in [3.8, 4) is 0 Å². The van der Waals surface area contributed by atoms with Crippen LogP contribution in [0.4, 0.5) is 0 Å². The molecule has 0 spiro atoms. The minimum Gasteiger partial charge on any atom is -0.357 e. The number of ether oxygens (including phenoxy) is 1. The Labute approximate surface area is 64.2 Å². The minimum absolute atomic E-state index is 0.250. The zero-order valence-electron chi connectivity index (χ0n) is 7.42. The van der Waals surface area contributed by atoms with E-state index in [1.807, 2.05) is 20.7 Å². The van der Waals surface area contributed by atoms with Gasteiger partial charge >= 0.3 is 0 Å². The SMILES string of the molecule is CC[CH]OC(CC)N(C)C. The van der Waals surface area contributed by atoms with Gasteiger partial charge in [-0.15, -0.1) is 0 Å². The van der Waals surface area contributed by atoms with Crippen molar-refractivity contribution < 1.29 is 4.74 Å². The van der Waals surface area contributed by atoms with Crippen LogP contribution in [-0.2, 0) is 4.74 Å². The van der Waals surface area contributed by atoms with E-state index in [2.05, 4.69) is 18.7 Å². The third-order valence-corrected chi connectivity index (χ3v) is 1.35. The van der Waals surface area contributed by atoms with Gasteiger partial charge in [0.25, 0.3) is 0 Å². The van der Waals surface area contributed by atoms with E-state index < -0.39 is 0 Å². The molecule has 0 aromatic heterocycles. The maximum absolute atomic E-state index is 5.40. The fourth-order valence-corrected chi connectivity index (χ4v) is 0.790. The summed E-state index contributed by atoms with van der Waals surface area (Å²) < 4.78 is 5.40. The fraction of sp³-hybridized carbons (Fsp3) is 0.875. The largest absolute Gasteiger partial charge is 0.357 e. The van der Waals surface area contributed by atoms with Gasteiger partial charge in [0.2, 0.25) is 0 Å². The van der Waals surface area contributed by atoms with Crippen molar-refractivity contribution in [2.24, 2.45) is 0 Å². The molecular weight excluding hydrogens is 126 g/mol. The summed E-state index contributed by atoms with van der Waals surface area (Å²) >= 11 is 0. The van der Waals surface area contributed by atoms with Crippen molar-refractivity contribution in [2.45, 2.75) is 32.9 Å². The van der Waals surface area contributed by atoms with Crippen molar-refractivity contribution in [3.63, 3.8) is 0 Å². The Balaban J connectivity index is 3.40. The normalized spacial score (nSPS) is 14.1. The van der Waals surface area contributed by atoms with Crippen molar-refractivity contribution >= 4 is 0 Å². The lowest BCUT2D eigenvalue weighted by molar-refractivity contribution is -0.00464. The van der Waals surface area contributed by atoms with Crippen LogP contribution < -0.4 is 0 Å². The predicted octanol–water partition coefficient (Wildman–Crippen LogP) is 1.87. The zero-order valence-corrected chi connectivity index (χ0v) is 7.42. The molecule has 0 N–H and O–H groups in total. The lowest BCUT2D eigenvalue weighted by Crippen LogP contribution is -2.29. The van der Waals surface area contributed by atoms with Crippen molar-refractivity contribution in [1.29, 1.82) is 0 Å². The average Bonchev–Trinajstić information content (AvgIpc) is 1.89. The molecule has 0 aromatic carbocycles. The van der Waals surface area contributed by atoms with Gasteiger partial charge in [0.1, 0.15) is 6.23 Å². The summed E-state index contributed by atoms with van der Waals surface area (Å²) in [6.45, 7) is 6.05. The third kappa shape index (κ3) is 3.85. The molecule has 2 nitrogen and oxygen atoms in total. The Bertz CT molecular complexity index is 73.7. The number of rotatable bonds is 5. The maximum Gasteiger partial charge on any atom is 0.110 e. The second-order valence-electron chi connectivity index (χ2n) is 2.54. The molecule has 1 unspecified atom stereocenters. The molecule has 0 aliphatic rings. The Kier molecular flexibility index (Phi) is 5.64. The van der Waals surface area contributed by atoms with Crippen LogP contribution in [0.2, 0.25) is 0 Å². The molecule has 1 atom stereocenters. The summed E-state index contributed by atoms with van der Waals surface area (Å²) in [6, 6.07) is 0. The highest BCUT2D eigenvalue weighted by Crippen LogP contribution is 2.03. The molecule has 1 radical (unpaired) electrons. The van der Waals surface area contributed by atoms with Gasteiger partial charge in [0, 0.05) is 0 Å². The molecule has 0 heterocycles. The molecule has 0 fully saturated rings. The first kappa shape index (κ1) is 9.92. The summed E-state index contributed by atoms with van der Waals surface area (Å²) in [5.41, 5.74) is 0. The van der Waals surface area contributed by atoms with Crippen LogP contribution in [0.15, 0.2) is 0 Å². The van der Waals surface area contributed by atoms with Gasteiger partial charge in [-0.3, -0.25) is 4.90 Å². The summed E-state index contributed by atoms with van der Waals surface area (Å²) in [6.07, 6.45) is 2.26. The molecule has 10 heavy (non-hydrogen) atoms. The van der Waals surface area contributed by atoms with Crippen molar-refractivity contribution in [2.75, 3.05) is 14.1 Å². The molecule has 61 valence electrons. The first-order valence-electron chi connectivity index (χ1n) is 3.85. The van der Waals surface area contributed by atoms with Crippen molar-refractivity contribution in [1.82, 2.24) is 4.90 Å². The molecular formula is C8H18NO. The molecule has 2 heteroatoms. The number of hydrogen-bond acceptors (Lipinski definition) is 2. The van der Waals surface area contributed by atoms with Crippen LogP contribution >= 0.6 is 0 Å². The summed E-state index contributed by atoms with van der Waals surface area (Å²) in [5, 5.41) is 0. The summed E-state index contributed by atoms with van der Waals surface area (Å²) in [7, 11) is 4.05. The zero-order chi connectivity index (χ0) is 7.98. The predicted molar refractivity (Wildman–Crippen MR) is 43.4 cm³/mol. The lowest BCUT2D eigenvalue weighted by atomic mass is 10.4. The lowest BCUT2D eigenvalue weighted by Gasteiger charge is -2.22. The van der Waals surface area contributed by atoms with Crippen LogP contribution in [0.1, 0.15) is 26.7 Å². The van der Waals surface area contributed by atoms with Crippen LogP contribution in [-0.4, -0.2) is 25.2 Å². The monoisotopic (exact) mass is 144 g/mol. The Hall–Kier alpha value is -0.0800. The first-order chi connectivity index (χ1) is 4.72. The van der Waals surface area contributed by atoms with E-state index in [0.29, 0.717) is 0 Å². The summed E-state index contributed by atoms with van der Waals surface area (Å²) in [5.74, 6) is 0. The van der Waals surface area contributed by atoms with Gasteiger partial charge in [-0.1, -0.05) is 13.8 Å². The standard InChI is InChI=1S/C8H18NO/c1-5-7-10-8(6-2)9(3)4/h7-8H,5-6H2,1-4H3. The van der Waals surface area contributed by atoms with Crippen LogP contribution in [0.3, 0.4) is 0 Å². The van der Waals surface area contributed by atoms with Crippen LogP contribution in [0.25, 0.3) is 0 Å². The Morgan fingerprint density at radius 3 is 2.30 bits per heavy atom. The van der Waals surface area contributed by atoms with Gasteiger partial charge in [-0.25, -0.2) is 0 Å². The van der Waals surface area contributed by atoms with E-state index in [1.165, 1.54) is 0 Å². The van der Waals surface area contributed by atoms with E-state index in [1.54, 1.807) is 0 Å². The second-order valence-corrected chi connectivity index (χ2v) is 2.54. The molecule has 0 aliphatic heterocycles. The first-order valence-corrected chi connectivity index (χ1v) is 3.85. The van der Waals surface area contributed by atoms with Crippen LogP contribution in [0, 0.1) is 6.61 Å². The van der Waals surface area contributed by atoms with E-state index >= 15 is 0 Å². The highest BCUT2D eigenvalue weighted by Gasteiger charge is 2.06. The van der Waals surface area contributed by atoms with Gasteiger partial charge in [-0.05, 0) is 26.9 Å². The molecule has 0 aliphatic carbocycles. The topological polar surface area (TPSA) is 12.5 Å². The van der Waals surface area contributed by atoms with Crippen molar-refractivity contribution in [3.05, 3.63) is 6.61 Å². The van der Waals surface area contributed by atoms with Gasteiger partial charge in [0.05, 0.1) is 6.61 Å². The molecule has 0 rings (SSSR count). The average molecular weight is 144 g/mol. The number of nitrogens with zero attached hydrogens (tertiary/aromatic N) is 1. The van der Waals surface area contributed by atoms with E-state index in [-0.39, 0.29) is 6.23 Å². The number of hydrogen-bond donors (Lipinski definition) is 0. The van der Waals surface area contributed by atoms with E-state index in [9.17, 15) is 0 Å². The Morgan fingerprint density at radius 2 is 2.00 bits per heavy atom. The molecule has 0 saturated heterocycles. The maximum atomic E-state index is 5.40. The minimum atomic E-state index is 0.250. The second kappa shape index (κ2) is 5.69. The summed E-state index contributed by atoms with van der Waals surface area (Å²) in [4.78, 5) is 2.08. The molecule has 0 aromatic rings. The van der Waals surface area contributed by atoms with E-state index in [4.69, 9.17) is 4.74 Å². The molecule has 0 saturated carbocycles.